The summed E-state index contributed by atoms with van der Waals surface area (Å²) in [6, 6.07) is 11.1. The Bertz CT molecular complexity index is 802. The second kappa shape index (κ2) is 4.83. The Morgan fingerprint density at radius 2 is 1.48 bits per heavy atom. The van der Waals surface area contributed by atoms with Gasteiger partial charge in [-0.2, -0.15) is 0 Å². The Hall–Kier alpha value is -3.01. The summed E-state index contributed by atoms with van der Waals surface area (Å²) in [4.78, 5) is 36.0. The summed E-state index contributed by atoms with van der Waals surface area (Å²) in [5.41, 5.74) is 1.32. The van der Waals surface area contributed by atoms with Crippen molar-refractivity contribution in [2.24, 2.45) is 0 Å². The van der Waals surface area contributed by atoms with Crippen LogP contribution in [0.3, 0.4) is 0 Å². The molecule has 0 saturated heterocycles. The number of ether oxygens (including phenoxy) is 1. The molecule has 0 heterocycles. The first-order chi connectivity index (χ1) is 10.1. The van der Waals surface area contributed by atoms with Crippen molar-refractivity contribution in [2.45, 2.75) is 0 Å². The van der Waals surface area contributed by atoms with E-state index >= 15 is 0 Å². The summed E-state index contributed by atoms with van der Waals surface area (Å²) in [5, 5.41) is 0. The van der Waals surface area contributed by atoms with Gasteiger partial charge in [-0.3, -0.25) is 9.59 Å². The van der Waals surface area contributed by atoms with Gasteiger partial charge in [-0.25, -0.2) is 4.79 Å². The van der Waals surface area contributed by atoms with Gasteiger partial charge < -0.3 is 4.74 Å². The average molecular weight is 278 g/mol. The summed E-state index contributed by atoms with van der Waals surface area (Å²) in [7, 11) is 0. The van der Waals surface area contributed by atoms with Crippen LogP contribution in [0.2, 0.25) is 0 Å². The van der Waals surface area contributed by atoms with E-state index in [-0.39, 0.29) is 22.9 Å². The van der Waals surface area contributed by atoms with Gasteiger partial charge in [0.25, 0.3) is 0 Å². The van der Waals surface area contributed by atoms with E-state index in [0.29, 0.717) is 16.7 Å². The molecule has 0 bridgehead atoms. The second-order valence-electron chi connectivity index (χ2n) is 4.54. The normalized spacial score (nSPS) is 12.4. The van der Waals surface area contributed by atoms with Crippen LogP contribution in [0.4, 0.5) is 0 Å². The van der Waals surface area contributed by atoms with Crippen molar-refractivity contribution in [2.75, 3.05) is 0 Å². The molecule has 1 aliphatic rings. The monoisotopic (exact) mass is 278 g/mol. The van der Waals surface area contributed by atoms with Gasteiger partial charge in [0.05, 0.1) is 0 Å². The van der Waals surface area contributed by atoms with Crippen molar-refractivity contribution in [3.05, 3.63) is 77.4 Å². The molecule has 0 N–H and O–H groups in total. The van der Waals surface area contributed by atoms with Crippen LogP contribution in [0.5, 0.6) is 5.75 Å². The summed E-state index contributed by atoms with van der Waals surface area (Å²) < 4.78 is 4.98. The van der Waals surface area contributed by atoms with Gasteiger partial charge in [-0.05, 0) is 18.2 Å². The van der Waals surface area contributed by atoms with E-state index in [0.717, 1.165) is 6.08 Å². The minimum Gasteiger partial charge on any atom is -0.423 e. The molecule has 0 amide bonds. The first-order valence-corrected chi connectivity index (χ1v) is 6.28. The number of benzene rings is 2. The lowest BCUT2D eigenvalue weighted by Gasteiger charge is -2.17. The Labute approximate surface area is 120 Å². The fraction of sp³-hybridized carbons (Fsp3) is 0. The van der Waals surface area contributed by atoms with Gasteiger partial charge in [0.2, 0.25) is 0 Å². The van der Waals surface area contributed by atoms with E-state index in [2.05, 4.69) is 6.58 Å². The number of fused-ring (bicyclic) bond motifs is 2. The smallest absolute Gasteiger partial charge is 0.335 e. The molecular formula is C17H10O4. The van der Waals surface area contributed by atoms with Crippen molar-refractivity contribution in [1.29, 1.82) is 0 Å². The topological polar surface area (TPSA) is 60.4 Å². The number of hydrogen-bond donors (Lipinski definition) is 0. The van der Waals surface area contributed by atoms with Crippen LogP contribution in [0.25, 0.3) is 0 Å². The van der Waals surface area contributed by atoms with E-state index in [1.807, 2.05) is 0 Å². The fourth-order valence-corrected chi connectivity index (χ4v) is 2.30. The Morgan fingerprint density at radius 1 is 0.905 bits per heavy atom. The highest BCUT2D eigenvalue weighted by molar-refractivity contribution is 6.28. The highest BCUT2D eigenvalue weighted by Gasteiger charge is 2.29. The van der Waals surface area contributed by atoms with Gasteiger partial charge in [-0.1, -0.05) is 30.8 Å². The highest BCUT2D eigenvalue weighted by atomic mass is 16.5. The molecule has 4 heteroatoms. The summed E-state index contributed by atoms with van der Waals surface area (Å²) in [5.74, 6) is -0.873. The van der Waals surface area contributed by atoms with Crippen molar-refractivity contribution < 1.29 is 19.1 Å². The molecule has 0 spiro atoms. The first-order valence-electron chi connectivity index (χ1n) is 6.28. The van der Waals surface area contributed by atoms with Crippen LogP contribution in [0, 0.1) is 0 Å². The largest absolute Gasteiger partial charge is 0.423 e. The van der Waals surface area contributed by atoms with Crippen LogP contribution in [-0.2, 0) is 4.79 Å². The molecule has 0 aliphatic heterocycles. The minimum absolute atomic E-state index is 0.207. The highest BCUT2D eigenvalue weighted by Crippen LogP contribution is 2.29. The summed E-state index contributed by atoms with van der Waals surface area (Å²) in [6.07, 6.45) is 1.03. The minimum atomic E-state index is -0.620. The Morgan fingerprint density at radius 3 is 2.10 bits per heavy atom. The molecule has 21 heavy (non-hydrogen) atoms. The first kappa shape index (κ1) is 13.0. The van der Waals surface area contributed by atoms with Crippen molar-refractivity contribution in [1.82, 2.24) is 0 Å². The molecule has 0 atom stereocenters. The van der Waals surface area contributed by atoms with Crippen LogP contribution in [0.15, 0.2) is 55.1 Å². The molecule has 0 radical (unpaired) electrons. The van der Waals surface area contributed by atoms with E-state index in [1.54, 1.807) is 24.3 Å². The summed E-state index contributed by atoms with van der Waals surface area (Å²) >= 11 is 0. The van der Waals surface area contributed by atoms with E-state index in [9.17, 15) is 14.4 Å². The maximum absolute atomic E-state index is 12.4. The predicted octanol–water partition coefficient (Wildman–Crippen LogP) is 2.55. The molecule has 0 saturated carbocycles. The average Bonchev–Trinajstić information content (AvgIpc) is 2.52. The van der Waals surface area contributed by atoms with Crippen molar-refractivity contribution in [3.8, 4) is 5.75 Å². The molecule has 0 fully saturated rings. The second-order valence-corrected chi connectivity index (χ2v) is 4.54. The van der Waals surface area contributed by atoms with E-state index in [4.69, 9.17) is 4.74 Å². The molecule has 4 nitrogen and oxygen atoms in total. The third-order valence-electron chi connectivity index (χ3n) is 3.28. The molecule has 0 unspecified atom stereocenters. The standard InChI is InChI=1S/C17H10O4/c1-2-15(18)21-10-7-8-13-14(9-10)17(20)12-6-4-3-5-11(12)16(13)19/h2-9H,1H2. The van der Waals surface area contributed by atoms with Crippen LogP contribution in [0.1, 0.15) is 31.8 Å². The lowest BCUT2D eigenvalue weighted by Crippen LogP contribution is -2.20. The number of ketones is 2. The molecule has 2 aromatic carbocycles. The number of hydrogen-bond acceptors (Lipinski definition) is 4. The zero-order valence-electron chi connectivity index (χ0n) is 11.0. The van der Waals surface area contributed by atoms with E-state index < -0.39 is 5.97 Å². The number of rotatable bonds is 2. The van der Waals surface area contributed by atoms with Crippen molar-refractivity contribution in [3.63, 3.8) is 0 Å². The number of carbonyl (C=O) groups is 3. The molecular weight excluding hydrogens is 268 g/mol. The molecule has 2 aromatic rings. The zero-order valence-corrected chi connectivity index (χ0v) is 11.0. The van der Waals surface area contributed by atoms with Crippen LogP contribution < -0.4 is 4.74 Å². The lowest BCUT2D eigenvalue weighted by molar-refractivity contribution is -0.128. The van der Waals surface area contributed by atoms with Crippen LogP contribution in [-0.4, -0.2) is 17.5 Å². The molecule has 102 valence electrons. The quantitative estimate of drug-likeness (QED) is 0.410. The van der Waals surface area contributed by atoms with E-state index in [1.165, 1.54) is 18.2 Å². The lowest BCUT2D eigenvalue weighted by atomic mass is 9.84. The Kier molecular flexibility index (Phi) is 2.99. The summed E-state index contributed by atoms with van der Waals surface area (Å²) in [6.45, 7) is 3.31. The Balaban J connectivity index is 2.10. The SMILES string of the molecule is C=CC(=O)Oc1ccc2c(c1)C(=O)c1ccccc1C2=O. The van der Waals surface area contributed by atoms with Gasteiger partial charge in [0.1, 0.15) is 5.75 Å². The maximum Gasteiger partial charge on any atom is 0.335 e. The fourth-order valence-electron chi connectivity index (χ4n) is 2.30. The predicted molar refractivity (Wildman–Crippen MR) is 75.6 cm³/mol. The third kappa shape index (κ3) is 2.07. The van der Waals surface area contributed by atoms with Gasteiger partial charge in [0, 0.05) is 28.3 Å². The van der Waals surface area contributed by atoms with Gasteiger partial charge in [0.15, 0.2) is 11.6 Å². The molecule has 1 aliphatic carbocycles. The van der Waals surface area contributed by atoms with Gasteiger partial charge >= 0.3 is 5.97 Å². The van der Waals surface area contributed by atoms with Crippen molar-refractivity contribution >= 4 is 17.5 Å². The molecule has 0 aromatic heterocycles. The van der Waals surface area contributed by atoms with Gasteiger partial charge in [-0.15, -0.1) is 0 Å². The molecule has 3 rings (SSSR count). The number of esters is 1. The zero-order chi connectivity index (χ0) is 15.0. The maximum atomic E-state index is 12.4. The number of carbonyl (C=O) groups excluding carboxylic acids is 3. The van der Waals surface area contributed by atoms with Crippen LogP contribution >= 0.6 is 0 Å². The third-order valence-corrected chi connectivity index (χ3v) is 3.28.